The van der Waals surface area contributed by atoms with Gasteiger partial charge >= 0.3 is 10.4 Å². The van der Waals surface area contributed by atoms with Crippen LogP contribution >= 0.6 is 0 Å². The lowest BCUT2D eigenvalue weighted by Crippen LogP contribution is -2.23. The lowest BCUT2D eigenvalue weighted by atomic mass is 10.3. The van der Waals surface area contributed by atoms with Crippen molar-refractivity contribution in [3.63, 3.8) is 0 Å². The Hall–Kier alpha value is -0.210. The van der Waals surface area contributed by atoms with Gasteiger partial charge in [-0.3, -0.25) is 18.9 Å². The van der Waals surface area contributed by atoms with E-state index in [1.165, 1.54) is 39.1 Å². The molecular weight excluding hydrogens is 220 g/mol. The molecule has 1 saturated heterocycles. The van der Waals surface area contributed by atoms with Gasteiger partial charge in [-0.25, -0.2) is 0 Å². The number of nitrogens with zero attached hydrogens (tertiary/aromatic N) is 2. The number of hydrogen-bond acceptors (Lipinski definition) is 4. The Labute approximate surface area is 91.4 Å². The Kier molecular flexibility index (Phi) is 7.03. The molecule has 2 N–H and O–H groups in total. The van der Waals surface area contributed by atoms with Gasteiger partial charge in [0.1, 0.15) is 0 Å². The molecule has 92 valence electrons. The van der Waals surface area contributed by atoms with Crippen LogP contribution in [0.15, 0.2) is 0 Å². The van der Waals surface area contributed by atoms with Gasteiger partial charge in [-0.15, -0.1) is 0 Å². The fourth-order valence-corrected chi connectivity index (χ4v) is 1.36. The highest BCUT2D eigenvalue weighted by molar-refractivity contribution is 7.79. The van der Waals surface area contributed by atoms with E-state index in [4.69, 9.17) is 17.5 Å². The van der Waals surface area contributed by atoms with Crippen LogP contribution in [-0.4, -0.2) is 60.7 Å². The van der Waals surface area contributed by atoms with Crippen molar-refractivity contribution in [1.82, 2.24) is 9.80 Å². The van der Waals surface area contributed by atoms with Crippen LogP contribution in [0.5, 0.6) is 0 Å². The van der Waals surface area contributed by atoms with E-state index < -0.39 is 10.4 Å². The summed E-state index contributed by atoms with van der Waals surface area (Å²) in [7, 11) is -2.48. The summed E-state index contributed by atoms with van der Waals surface area (Å²) in [6, 6.07) is 0. The first-order valence-electron chi connectivity index (χ1n) is 4.93. The number of hydrogen-bond donors (Lipinski definition) is 2. The van der Waals surface area contributed by atoms with Gasteiger partial charge in [-0.05, 0) is 20.0 Å². The summed E-state index contributed by atoms with van der Waals surface area (Å²) in [6.45, 7) is 7.25. The maximum atomic E-state index is 8.74. The Balaban J connectivity index is 0.000000336. The molecule has 0 amide bonds. The lowest BCUT2D eigenvalue weighted by Gasteiger charge is -2.13. The van der Waals surface area contributed by atoms with Crippen molar-refractivity contribution in [2.24, 2.45) is 0 Å². The van der Waals surface area contributed by atoms with Gasteiger partial charge in [0.25, 0.3) is 0 Å². The molecule has 0 aromatic carbocycles. The van der Waals surface area contributed by atoms with Crippen molar-refractivity contribution in [3.05, 3.63) is 0 Å². The highest BCUT2D eigenvalue weighted by Gasteiger charge is 2.14. The Morgan fingerprint density at radius 1 is 1.27 bits per heavy atom. The molecule has 0 bridgehead atoms. The first kappa shape index (κ1) is 14.8. The molecule has 0 aliphatic carbocycles. The van der Waals surface area contributed by atoms with Crippen LogP contribution < -0.4 is 0 Å². The first-order valence-corrected chi connectivity index (χ1v) is 6.33. The van der Waals surface area contributed by atoms with Crippen LogP contribution in [0.3, 0.4) is 0 Å². The zero-order chi connectivity index (χ0) is 11.9. The Morgan fingerprint density at radius 3 is 2.13 bits per heavy atom. The van der Waals surface area contributed by atoms with E-state index in [0.717, 1.165) is 0 Å². The quantitative estimate of drug-likeness (QED) is 0.692. The molecule has 1 aliphatic rings. The molecule has 1 fully saturated rings. The molecule has 6 nitrogen and oxygen atoms in total. The van der Waals surface area contributed by atoms with Gasteiger partial charge in [0, 0.05) is 13.1 Å². The van der Waals surface area contributed by atoms with E-state index in [2.05, 4.69) is 23.8 Å². The average molecular weight is 240 g/mol. The monoisotopic (exact) mass is 240 g/mol. The van der Waals surface area contributed by atoms with Gasteiger partial charge in [-0.2, -0.15) is 8.42 Å². The predicted octanol–water partition coefficient (Wildman–Crippen LogP) is 0.339. The number of unbranched alkanes of at least 4 members (excludes halogenated alkanes) is 1. The van der Waals surface area contributed by atoms with Crippen LogP contribution in [0, 0.1) is 0 Å². The van der Waals surface area contributed by atoms with Crippen molar-refractivity contribution in [2.75, 3.05) is 33.4 Å². The van der Waals surface area contributed by atoms with E-state index in [-0.39, 0.29) is 0 Å². The zero-order valence-electron chi connectivity index (χ0n) is 9.26. The molecule has 0 aromatic rings. The largest absolute Gasteiger partial charge is 0.394 e. The second kappa shape index (κ2) is 7.13. The third-order valence-corrected chi connectivity index (χ3v) is 2.07. The van der Waals surface area contributed by atoms with Crippen molar-refractivity contribution >= 4 is 10.4 Å². The normalized spacial score (nSPS) is 18.7. The maximum Gasteiger partial charge on any atom is 0.394 e. The molecular formula is C8H20N2O4S. The highest BCUT2D eigenvalue weighted by atomic mass is 32.3. The van der Waals surface area contributed by atoms with E-state index in [0.29, 0.717) is 0 Å². The SMILES string of the molecule is CCCCN1CCN(C)C1.O=S(=O)(O)O. The zero-order valence-corrected chi connectivity index (χ0v) is 10.1. The molecule has 15 heavy (non-hydrogen) atoms. The van der Waals surface area contributed by atoms with Gasteiger partial charge in [0.15, 0.2) is 0 Å². The summed E-state index contributed by atoms with van der Waals surface area (Å²) in [6.07, 6.45) is 2.67. The average Bonchev–Trinajstić information content (AvgIpc) is 2.45. The molecule has 0 unspecified atom stereocenters. The standard InChI is InChI=1S/C8H18N2.H2O4S/c1-3-4-5-10-7-6-9(2)8-10;1-5(2,3)4/h3-8H2,1-2H3;(H2,1,2,3,4). The van der Waals surface area contributed by atoms with Crippen LogP contribution in [0.4, 0.5) is 0 Å². The molecule has 0 spiro atoms. The van der Waals surface area contributed by atoms with E-state index in [1.807, 2.05) is 0 Å². The Morgan fingerprint density at radius 2 is 1.80 bits per heavy atom. The van der Waals surface area contributed by atoms with Gasteiger partial charge in [-0.1, -0.05) is 13.3 Å². The fourth-order valence-electron chi connectivity index (χ4n) is 1.36. The molecule has 1 aliphatic heterocycles. The second-order valence-corrected chi connectivity index (χ2v) is 4.54. The molecule has 7 heteroatoms. The topological polar surface area (TPSA) is 81.1 Å². The lowest BCUT2D eigenvalue weighted by molar-refractivity contribution is 0.271. The minimum absolute atomic E-state index is 1.18. The second-order valence-electron chi connectivity index (χ2n) is 3.64. The minimum Gasteiger partial charge on any atom is -0.292 e. The maximum absolute atomic E-state index is 8.74. The molecule has 1 rings (SSSR count). The summed E-state index contributed by atoms with van der Waals surface area (Å²) in [5.74, 6) is 0. The number of likely N-dealkylation sites (N-methyl/N-ethyl adjacent to an activating group) is 1. The molecule has 0 aromatic heterocycles. The van der Waals surface area contributed by atoms with Crippen molar-refractivity contribution in [2.45, 2.75) is 19.8 Å². The summed E-state index contributed by atoms with van der Waals surface area (Å²) in [4.78, 5) is 4.89. The van der Waals surface area contributed by atoms with Crippen molar-refractivity contribution < 1.29 is 17.5 Å². The summed E-state index contributed by atoms with van der Waals surface area (Å²) >= 11 is 0. The summed E-state index contributed by atoms with van der Waals surface area (Å²) in [5, 5.41) is 0. The van der Waals surface area contributed by atoms with E-state index in [1.54, 1.807) is 0 Å². The van der Waals surface area contributed by atoms with E-state index in [9.17, 15) is 0 Å². The van der Waals surface area contributed by atoms with Crippen LogP contribution in [0.1, 0.15) is 19.8 Å². The summed E-state index contributed by atoms with van der Waals surface area (Å²) < 4.78 is 31.6. The fraction of sp³-hybridized carbons (Fsp3) is 1.00. The van der Waals surface area contributed by atoms with E-state index >= 15 is 0 Å². The molecule has 0 saturated carbocycles. The summed E-state index contributed by atoms with van der Waals surface area (Å²) in [5.41, 5.74) is 0. The highest BCUT2D eigenvalue weighted by Crippen LogP contribution is 2.02. The predicted molar refractivity (Wildman–Crippen MR) is 58.2 cm³/mol. The molecule has 0 atom stereocenters. The Bertz CT molecular complexity index is 247. The minimum atomic E-state index is -4.67. The third-order valence-electron chi connectivity index (χ3n) is 2.07. The van der Waals surface area contributed by atoms with Crippen molar-refractivity contribution in [3.8, 4) is 0 Å². The van der Waals surface area contributed by atoms with Gasteiger partial charge in [0.05, 0.1) is 6.67 Å². The first-order chi connectivity index (χ1) is 6.83. The molecule has 0 radical (unpaired) electrons. The molecule has 1 heterocycles. The van der Waals surface area contributed by atoms with Crippen LogP contribution in [0.2, 0.25) is 0 Å². The number of rotatable bonds is 3. The van der Waals surface area contributed by atoms with Gasteiger partial charge in [0.2, 0.25) is 0 Å². The van der Waals surface area contributed by atoms with Crippen molar-refractivity contribution in [1.29, 1.82) is 0 Å². The van der Waals surface area contributed by atoms with Crippen LogP contribution in [0.25, 0.3) is 0 Å². The van der Waals surface area contributed by atoms with Crippen LogP contribution in [-0.2, 0) is 10.4 Å². The van der Waals surface area contributed by atoms with Gasteiger partial charge < -0.3 is 0 Å². The third kappa shape index (κ3) is 11.7. The smallest absolute Gasteiger partial charge is 0.292 e.